The number of nitrogens with zero attached hydrogens (tertiary/aromatic N) is 2. The van der Waals surface area contributed by atoms with Crippen LogP contribution in [0.2, 0.25) is 0 Å². The number of rotatable bonds is 15. The first-order valence-electron chi connectivity index (χ1n) is 13.8. The van der Waals surface area contributed by atoms with E-state index in [1.54, 1.807) is 15.7 Å². The predicted molar refractivity (Wildman–Crippen MR) is 150 cm³/mol. The zero-order chi connectivity index (χ0) is 27.4. The molecule has 0 bridgehead atoms. The first-order valence-corrected chi connectivity index (χ1v) is 15.1. The minimum atomic E-state index is -3.50. The van der Waals surface area contributed by atoms with Crippen LogP contribution in [0.25, 0.3) is 0 Å². The van der Waals surface area contributed by atoms with E-state index < -0.39 is 10.2 Å². The Morgan fingerprint density at radius 1 is 0.974 bits per heavy atom. The number of hydrogen-bond donors (Lipinski definition) is 1. The molecule has 1 heterocycles. The lowest BCUT2D eigenvalue weighted by molar-refractivity contribution is -0.126. The fourth-order valence-corrected chi connectivity index (χ4v) is 6.25. The molecule has 0 unspecified atom stereocenters. The predicted octanol–water partition coefficient (Wildman–Crippen LogP) is 4.75. The average Bonchev–Trinajstić information content (AvgIpc) is 2.95. The quantitative estimate of drug-likeness (QED) is 0.349. The minimum Gasteiger partial charge on any atom is -0.493 e. The molecule has 1 amide bonds. The molecule has 1 aliphatic rings. The normalized spacial score (nSPS) is 14.9. The van der Waals surface area contributed by atoms with Gasteiger partial charge in [-0.1, -0.05) is 63.1 Å². The number of methoxy groups -OCH3 is 1. The Morgan fingerprint density at radius 3 is 2.24 bits per heavy atom. The highest BCUT2D eigenvalue weighted by atomic mass is 32.2. The van der Waals surface area contributed by atoms with Gasteiger partial charge in [0.2, 0.25) is 5.91 Å². The monoisotopic (exact) mass is 545 g/mol. The number of amides is 1. The van der Waals surface area contributed by atoms with Crippen molar-refractivity contribution in [3.05, 3.63) is 59.7 Å². The molecule has 1 N–H and O–H groups in total. The molecule has 8 nitrogen and oxygen atoms in total. The number of carbonyl (C=O) groups excluding carboxylic acids is 1. The fraction of sp³-hybridized carbons (Fsp3) is 0.552. The van der Waals surface area contributed by atoms with Crippen molar-refractivity contribution in [2.24, 2.45) is 5.92 Å². The largest absolute Gasteiger partial charge is 0.493 e. The van der Waals surface area contributed by atoms with Gasteiger partial charge in [0, 0.05) is 38.6 Å². The van der Waals surface area contributed by atoms with Gasteiger partial charge in [-0.25, -0.2) is 0 Å². The molecule has 0 aromatic heterocycles. The third kappa shape index (κ3) is 8.44. The van der Waals surface area contributed by atoms with E-state index in [-0.39, 0.29) is 11.8 Å². The second-order valence-corrected chi connectivity index (χ2v) is 11.7. The summed E-state index contributed by atoms with van der Waals surface area (Å²) in [5.74, 6) is 1.02. The van der Waals surface area contributed by atoms with E-state index in [9.17, 15) is 13.2 Å². The molecule has 2 aromatic rings. The van der Waals surface area contributed by atoms with Crippen LogP contribution in [0.4, 0.5) is 0 Å². The van der Waals surface area contributed by atoms with Crippen LogP contribution in [0.1, 0.15) is 63.5 Å². The van der Waals surface area contributed by atoms with Gasteiger partial charge in [-0.05, 0) is 48.9 Å². The van der Waals surface area contributed by atoms with Crippen molar-refractivity contribution in [2.75, 3.05) is 33.3 Å². The number of nitrogens with one attached hydrogen (secondary N) is 1. The molecule has 0 aliphatic carbocycles. The van der Waals surface area contributed by atoms with Gasteiger partial charge in [0.25, 0.3) is 10.2 Å². The zero-order valence-electron chi connectivity index (χ0n) is 23.0. The topological polar surface area (TPSA) is 88.2 Å². The van der Waals surface area contributed by atoms with Crippen LogP contribution in [-0.2, 0) is 28.2 Å². The maximum Gasteiger partial charge on any atom is 0.281 e. The molecule has 3 rings (SSSR count). The molecule has 1 aliphatic heterocycles. The van der Waals surface area contributed by atoms with Gasteiger partial charge in [-0.2, -0.15) is 17.0 Å². The summed E-state index contributed by atoms with van der Waals surface area (Å²) in [4.78, 5) is 12.9. The molecule has 2 aromatic carbocycles. The first-order chi connectivity index (χ1) is 18.4. The second kappa shape index (κ2) is 15.1. The van der Waals surface area contributed by atoms with Gasteiger partial charge in [0.15, 0.2) is 11.5 Å². The summed E-state index contributed by atoms with van der Waals surface area (Å²) in [6.07, 6.45) is 4.66. The van der Waals surface area contributed by atoms with Crippen molar-refractivity contribution >= 4 is 16.1 Å². The lowest BCUT2D eigenvalue weighted by Gasteiger charge is -2.34. The van der Waals surface area contributed by atoms with E-state index in [0.29, 0.717) is 63.7 Å². The summed E-state index contributed by atoms with van der Waals surface area (Å²) in [6.45, 7) is 6.80. The zero-order valence-corrected chi connectivity index (χ0v) is 23.8. The van der Waals surface area contributed by atoms with E-state index >= 15 is 0 Å². The van der Waals surface area contributed by atoms with Crippen LogP contribution >= 0.6 is 0 Å². The van der Waals surface area contributed by atoms with Crippen molar-refractivity contribution in [1.29, 1.82) is 0 Å². The SMILES string of the molecule is CCCCN(CCCC)S(=O)(=O)N1CCC(C(=O)NCc2ccc(OCc3ccccc3)c(OC)c2)CC1. The summed E-state index contributed by atoms with van der Waals surface area (Å²) in [5, 5.41) is 3.02. The number of hydrogen-bond acceptors (Lipinski definition) is 5. The Kier molecular flexibility index (Phi) is 11.9. The Labute approximate surface area is 228 Å². The van der Waals surface area contributed by atoms with Crippen molar-refractivity contribution in [3.8, 4) is 11.5 Å². The van der Waals surface area contributed by atoms with Crippen LogP contribution in [0, 0.1) is 5.92 Å². The van der Waals surface area contributed by atoms with Crippen LogP contribution in [0.3, 0.4) is 0 Å². The molecule has 1 saturated heterocycles. The minimum absolute atomic E-state index is 0.0424. The maximum atomic E-state index is 13.2. The molecule has 0 radical (unpaired) electrons. The maximum absolute atomic E-state index is 13.2. The highest BCUT2D eigenvalue weighted by Gasteiger charge is 2.34. The summed E-state index contributed by atoms with van der Waals surface area (Å²) < 4.78 is 41.1. The number of benzene rings is 2. The van der Waals surface area contributed by atoms with Crippen LogP contribution in [-0.4, -0.2) is 56.2 Å². The van der Waals surface area contributed by atoms with Gasteiger partial charge < -0.3 is 14.8 Å². The Balaban J connectivity index is 1.50. The van der Waals surface area contributed by atoms with E-state index in [0.717, 1.165) is 36.8 Å². The Hall–Kier alpha value is -2.62. The van der Waals surface area contributed by atoms with E-state index in [2.05, 4.69) is 19.2 Å². The van der Waals surface area contributed by atoms with E-state index in [4.69, 9.17) is 9.47 Å². The molecule has 9 heteroatoms. The van der Waals surface area contributed by atoms with E-state index in [1.165, 1.54) is 0 Å². The molecular weight excluding hydrogens is 502 g/mol. The first kappa shape index (κ1) is 29.9. The Bertz CT molecular complexity index is 1090. The van der Waals surface area contributed by atoms with Gasteiger partial charge in [0.05, 0.1) is 7.11 Å². The van der Waals surface area contributed by atoms with Crippen molar-refractivity contribution in [2.45, 2.75) is 65.5 Å². The molecule has 0 saturated carbocycles. The highest BCUT2D eigenvalue weighted by molar-refractivity contribution is 7.86. The summed E-state index contributed by atoms with van der Waals surface area (Å²) >= 11 is 0. The number of unbranched alkanes of at least 4 members (excludes halogenated alkanes) is 2. The third-order valence-corrected chi connectivity index (χ3v) is 8.97. The number of ether oxygens (including phenoxy) is 2. The second-order valence-electron chi connectivity index (χ2n) is 9.76. The standard InChI is InChI=1S/C29H43N3O5S/c1-4-6-17-31(18-7-5-2)38(34,35)32-19-15-26(16-20-32)29(33)30-22-25-13-14-27(28(21-25)36-3)37-23-24-11-9-8-10-12-24/h8-14,21,26H,4-7,15-20,22-23H2,1-3H3,(H,30,33). The molecule has 0 atom stereocenters. The molecular formula is C29H43N3O5S. The Morgan fingerprint density at radius 2 is 1.63 bits per heavy atom. The lowest BCUT2D eigenvalue weighted by Crippen LogP contribution is -2.49. The van der Waals surface area contributed by atoms with Crippen LogP contribution in [0.5, 0.6) is 11.5 Å². The summed E-state index contributed by atoms with van der Waals surface area (Å²) in [7, 11) is -1.90. The third-order valence-electron chi connectivity index (χ3n) is 6.93. The van der Waals surface area contributed by atoms with Crippen LogP contribution < -0.4 is 14.8 Å². The van der Waals surface area contributed by atoms with Crippen molar-refractivity contribution in [1.82, 2.24) is 13.9 Å². The summed E-state index contributed by atoms with van der Waals surface area (Å²) in [6, 6.07) is 15.6. The van der Waals surface area contributed by atoms with Crippen LogP contribution in [0.15, 0.2) is 48.5 Å². The van der Waals surface area contributed by atoms with Gasteiger partial charge in [-0.3, -0.25) is 4.79 Å². The smallest absolute Gasteiger partial charge is 0.281 e. The van der Waals surface area contributed by atoms with Crippen molar-refractivity contribution in [3.63, 3.8) is 0 Å². The average molecular weight is 546 g/mol. The fourth-order valence-electron chi connectivity index (χ4n) is 4.53. The van der Waals surface area contributed by atoms with Gasteiger partial charge in [-0.15, -0.1) is 0 Å². The van der Waals surface area contributed by atoms with Gasteiger partial charge in [0.1, 0.15) is 6.61 Å². The summed E-state index contributed by atoms with van der Waals surface area (Å²) in [5.41, 5.74) is 1.98. The van der Waals surface area contributed by atoms with Crippen molar-refractivity contribution < 1.29 is 22.7 Å². The van der Waals surface area contributed by atoms with E-state index in [1.807, 2.05) is 48.5 Å². The molecule has 1 fully saturated rings. The molecule has 210 valence electrons. The lowest BCUT2D eigenvalue weighted by atomic mass is 9.97. The molecule has 38 heavy (non-hydrogen) atoms. The molecule has 0 spiro atoms. The highest BCUT2D eigenvalue weighted by Crippen LogP contribution is 2.29. The van der Waals surface area contributed by atoms with Gasteiger partial charge >= 0.3 is 0 Å². The number of piperidine rings is 1. The number of carbonyl (C=O) groups is 1.